The SMILES string of the molecule is Cc1nnc([C@H]2CCCN2C(=O)N[C@H]2CCOc3c2cccc3C(F)(F)F)n1Cc1ccc(Cl)cc1. The van der Waals surface area contributed by atoms with E-state index < -0.39 is 17.8 Å². The van der Waals surface area contributed by atoms with Gasteiger partial charge in [-0.1, -0.05) is 35.9 Å². The van der Waals surface area contributed by atoms with Gasteiger partial charge in [-0.05, 0) is 43.5 Å². The zero-order valence-electron chi connectivity index (χ0n) is 19.6. The second kappa shape index (κ2) is 9.65. The number of fused-ring (bicyclic) bond motifs is 1. The number of hydrogen-bond donors (Lipinski definition) is 1. The number of aromatic nitrogens is 3. The number of rotatable bonds is 4. The van der Waals surface area contributed by atoms with Crippen molar-refractivity contribution in [1.29, 1.82) is 0 Å². The Morgan fingerprint density at radius 3 is 2.69 bits per heavy atom. The number of nitrogens with zero attached hydrogens (tertiary/aromatic N) is 4. The fraction of sp³-hybridized carbons (Fsp3) is 0.400. The van der Waals surface area contributed by atoms with Crippen LogP contribution in [0.4, 0.5) is 18.0 Å². The van der Waals surface area contributed by atoms with Crippen molar-refractivity contribution in [3.63, 3.8) is 0 Å². The first-order valence-electron chi connectivity index (χ1n) is 11.8. The summed E-state index contributed by atoms with van der Waals surface area (Å²) < 4.78 is 47.8. The smallest absolute Gasteiger partial charge is 0.419 e. The number of alkyl halides is 3. The molecule has 2 aliphatic rings. The summed E-state index contributed by atoms with van der Waals surface area (Å²) in [5, 5.41) is 12.2. The minimum Gasteiger partial charge on any atom is -0.492 e. The fourth-order valence-electron chi connectivity index (χ4n) is 4.92. The molecule has 1 aromatic heterocycles. The standard InChI is InChI=1S/C25H25ClF3N5O2/c1-15-31-32-23(34(15)14-16-7-9-17(26)10-8-16)21-6-3-12-33(21)24(35)30-20-11-13-36-22-18(20)4-2-5-19(22)25(27,28)29/h2,4-5,7-10,20-21H,3,6,11-14H2,1H3,(H,30,35)/t20-,21+/m0/s1. The number of para-hydroxylation sites is 1. The van der Waals surface area contributed by atoms with E-state index in [0.29, 0.717) is 35.9 Å². The minimum atomic E-state index is -4.54. The molecule has 3 aromatic rings. The van der Waals surface area contributed by atoms with Crippen LogP contribution in [0.1, 0.15) is 59.7 Å². The molecule has 0 bridgehead atoms. The van der Waals surface area contributed by atoms with E-state index in [1.54, 1.807) is 11.0 Å². The highest BCUT2D eigenvalue weighted by molar-refractivity contribution is 6.30. The van der Waals surface area contributed by atoms with Gasteiger partial charge in [0.25, 0.3) is 0 Å². The lowest BCUT2D eigenvalue weighted by molar-refractivity contribution is -0.139. The number of hydrogen-bond acceptors (Lipinski definition) is 4. The van der Waals surface area contributed by atoms with E-state index in [-0.39, 0.29) is 24.4 Å². The van der Waals surface area contributed by atoms with E-state index >= 15 is 0 Å². The predicted octanol–water partition coefficient (Wildman–Crippen LogP) is 5.68. The van der Waals surface area contributed by atoms with Crippen LogP contribution in [0, 0.1) is 6.92 Å². The average Bonchev–Trinajstić information content (AvgIpc) is 3.47. The molecule has 190 valence electrons. The summed E-state index contributed by atoms with van der Waals surface area (Å²) in [6.45, 7) is 3.00. The van der Waals surface area contributed by atoms with Crippen LogP contribution in [0.25, 0.3) is 0 Å². The fourth-order valence-corrected chi connectivity index (χ4v) is 5.05. The molecule has 1 N–H and O–H groups in total. The molecule has 11 heteroatoms. The van der Waals surface area contributed by atoms with Crippen LogP contribution in [-0.2, 0) is 12.7 Å². The molecule has 2 aromatic carbocycles. The number of ether oxygens (including phenoxy) is 1. The molecule has 2 aliphatic heterocycles. The van der Waals surface area contributed by atoms with Crippen LogP contribution < -0.4 is 10.1 Å². The topological polar surface area (TPSA) is 72.3 Å². The highest BCUT2D eigenvalue weighted by Gasteiger charge is 2.39. The Balaban J connectivity index is 1.37. The lowest BCUT2D eigenvalue weighted by atomic mass is 9.97. The highest BCUT2D eigenvalue weighted by Crippen LogP contribution is 2.43. The van der Waals surface area contributed by atoms with Gasteiger partial charge in [0.1, 0.15) is 11.6 Å². The van der Waals surface area contributed by atoms with Gasteiger partial charge in [-0.25, -0.2) is 4.79 Å². The molecule has 2 atom stereocenters. The second-order valence-electron chi connectivity index (χ2n) is 9.03. The molecule has 1 saturated heterocycles. The Hall–Kier alpha value is -3.27. The number of aryl methyl sites for hydroxylation is 1. The Bertz CT molecular complexity index is 1260. The average molecular weight is 520 g/mol. The van der Waals surface area contributed by atoms with Gasteiger partial charge in [-0.15, -0.1) is 10.2 Å². The summed E-state index contributed by atoms with van der Waals surface area (Å²) >= 11 is 6.01. The number of urea groups is 1. The van der Waals surface area contributed by atoms with Gasteiger partial charge in [-0.2, -0.15) is 13.2 Å². The third-order valence-electron chi connectivity index (χ3n) is 6.71. The summed E-state index contributed by atoms with van der Waals surface area (Å²) in [7, 11) is 0. The number of nitrogens with one attached hydrogen (secondary N) is 1. The van der Waals surface area contributed by atoms with Crippen molar-refractivity contribution in [2.24, 2.45) is 0 Å². The van der Waals surface area contributed by atoms with E-state index in [9.17, 15) is 18.0 Å². The summed E-state index contributed by atoms with van der Waals surface area (Å²) in [4.78, 5) is 15.1. The van der Waals surface area contributed by atoms with Crippen molar-refractivity contribution < 1.29 is 22.7 Å². The summed E-state index contributed by atoms with van der Waals surface area (Å²) in [5.41, 5.74) is 0.530. The molecule has 3 heterocycles. The second-order valence-corrected chi connectivity index (χ2v) is 9.47. The zero-order valence-corrected chi connectivity index (χ0v) is 20.3. The van der Waals surface area contributed by atoms with Gasteiger partial charge in [0.05, 0.1) is 30.8 Å². The molecule has 2 amide bonds. The lowest BCUT2D eigenvalue weighted by Gasteiger charge is -2.31. The van der Waals surface area contributed by atoms with Crippen molar-refractivity contribution >= 4 is 17.6 Å². The summed E-state index contributed by atoms with van der Waals surface area (Å²) in [5.74, 6) is 1.20. The molecule has 7 nitrogen and oxygen atoms in total. The summed E-state index contributed by atoms with van der Waals surface area (Å²) in [6.07, 6.45) is -2.66. The predicted molar refractivity (Wildman–Crippen MR) is 127 cm³/mol. The van der Waals surface area contributed by atoms with Gasteiger partial charge in [-0.3, -0.25) is 0 Å². The first-order chi connectivity index (χ1) is 17.2. The zero-order chi connectivity index (χ0) is 25.4. The molecular weight excluding hydrogens is 495 g/mol. The van der Waals surface area contributed by atoms with Gasteiger partial charge < -0.3 is 19.5 Å². The molecule has 0 radical (unpaired) electrons. The first kappa shape index (κ1) is 24.4. The van der Waals surface area contributed by atoms with Crippen molar-refractivity contribution in [2.45, 2.75) is 51.0 Å². The molecule has 0 unspecified atom stereocenters. The van der Waals surface area contributed by atoms with Gasteiger partial charge >= 0.3 is 12.2 Å². The Morgan fingerprint density at radius 2 is 1.94 bits per heavy atom. The van der Waals surface area contributed by atoms with Crippen LogP contribution in [0.3, 0.4) is 0 Å². The molecule has 36 heavy (non-hydrogen) atoms. The van der Waals surface area contributed by atoms with Gasteiger partial charge in [0.2, 0.25) is 0 Å². The third kappa shape index (κ3) is 4.74. The molecule has 0 aliphatic carbocycles. The number of likely N-dealkylation sites (tertiary alicyclic amines) is 1. The Kier molecular flexibility index (Phi) is 6.55. The quantitative estimate of drug-likeness (QED) is 0.481. The maximum atomic E-state index is 13.5. The largest absolute Gasteiger partial charge is 0.492 e. The maximum Gasteiger partial charge on any atom is 0.419 e. The number of halogens is 4. The molecule has 1 fully saturated rings. The molecular formula is C25H25ClF3N5O2. The van der Waals surface area contributed by atoms with E-state index in [1.807, 2.05) is 35.8 Å². The van der Waals surface area contributed by atoms with Crippen molar-refractivity contribution in [3.05, 3.63) is 75.8 Å². The number of carbonyl (C=O) groups excluding carboxylic acids is 1. The van der Waals surface area contributed by atoms with Crippen LogP contribution in [0.5, 0.6) is 5.75 Å². The third-order valence-corrected chi connectivity index (χ3v) is 6.96. The van der Waals surface area contributed by atoms with Crippen molar-refractivity contribution in [3.8, 4) is 5.75 Å². The Labute approximate surface area is 211 Å². The number of amides is 2. The molecule has 0 saturated carbocycles. The number of carbonyl (C=O) groups is 1. The van der Waals surface area contributed by atoms with Crippen LogP contribution in [0.2, 0.25) is 5.02 Å². The first-order valence-corrected chi connectivity index (χ1v) is 12.1. The molecule has 5 rings (SSSR count). The van der Waals surface area contributed by atoms with Crippen molar-refractivity contribution in [1.82, 2.24) is 25.0 Å². The van der Waals surface area contributed by atoms with Gasteiger partial charge in [0, 0.05) is 23.6 Å². The number of benzene rings is 2. The van der Waals surface area contributed by atoms with E-state index in [4.69, 9.17) is 16.3 Å². The Morgan fingerprint density at radius 1 is 1.17 bits per heavy atom. The summed E-state index contributed by atoms with van der Waals surface area (Å²) in [6, 6.07) is 10.2. The van der Waals surface area contributed by atoms with Crippen LogP contribution in [0.15, 0.2) is 42.5 Å². The van der Waals surface area contributed by atoms with Crippen molar-refractivity contribution in [2.75, 3.05) is 13.2 Å². The molecule has 0 spiro atoms. The van der Waals surface area contributed by atoms with E-state index in [2.05, 4.69) is 15.5 Å². The van der Waals surface area contributed by atoms with Gasteiger partial charge in [0.15, 0.2) is 5.82 Å². The van der Waals surface area contributed by atoms with Crippen LogP contribution >= 0.6 is 11.6 Å². The lowest BCUT2D eigenvalue weighted by Crippen LogP contribution is -2.43. The monoisotopic (exact) mass is 519 g/mol. The highest BCUT2D eigenvalue weighted by atomic mass is 35.5. The van der Waals surface area contributed by atoms with E-state index in [0.717, 1.165) is 30.3 Å². The normalized spacial score (nSPS) is 19.6. The minimum absolute atomic E-state index is 0.0864. The maximum absolute atomic E-state index is 13.5. The van der Waals surface area contributed by atoms with E-state index in [1.165, 1.54) is 6.07 Å². The van der Waals surface area contributed by atoms with Crippen LogP contribution in [-0.4, -0.2) is 38.8 Å².